The van der Waals surface area contributed by atoms with Gasteiger partial charge in [-0.25, -0.2) is 0 Å². The summed E-state index contributed by atoms with van der Waals surface area (Å²) in [7, 11) is 0. The molecule has 76 valence electrons. The molecule has 2 aromatic rings. The van der Waals surface area contributed by atoms with Gasteiger partial charge in [-0.15, -0.1) is 22.7 Å². The van der Waals surface area contributed by atoms with Gasteiger partial charge in [-0.2, -0.15) is 0 Å². The minimum absolute atomic E-state index is 0.250. The summed E-state index contributed by atoms with van der Waals surface area (Å²) < 4.78 is 2.77. The van der Waals surface area contributed by atoms with E-state index < -0.39 is 0 Å². The van der Waals surface area contributed by atoms with Crippen molar-refractivity contribution in [1.82, 2.24) is 0 Å². The van der Waals surface area contributed by atoms with Crippen LogP contribution in [0.25, 0.3) is 9.40 Å². The molecular weight excluding hydrogens is 210 g/mol. The summed E-state index contributed by atoms with van der Waals surface area (Å²) in [4.78, 5) is 1.35. The molecule has 1 unspecified atom stereocenters. The Balaban J connectivity index is 2.13. The van der Waals surface area contributed by atoms with Crippen molar-refractivity contribution in [1.29, 1.82) is 0 Å². The zero-order chi connectivity index (χ0) is 9.97. The van der Waals surface area contributed by atoms with Gasteiger partial charge in [0.05, 0.1) is 0 Å². The van der Waals surface area contributed by atoms with E-state index in [4.69, 9.17) is 5.73 Å². The lowest BCUT2D eigenvalue weighted by molar-refractivity contribution is 0.611. The summed E-state index contributed by atoms with van der Waals surface area (Å²) >= 11 is 3.65. The molecule has 2 N–H and O–H groups in total. The number of nitrogens with two attached hydrogens (primary N) is 1. The maximum absolute atomic E-state index is 6.12. The van der Waals surface area contributed by atoms with E-state index in [1.165, 1.54) is 27.1 Å². The van der Waals surface area contributed by atoms with Crippen molar-refractivity contribution in [3.05, 3.63) is 22.4 Å². The Morgan fingerprint density at radius 1 is 1.43 bits per heavy atom. The van der Waals surface area contributed by atoms with Gasteiger partial charge >= 0.3 is 0 Å². The highest BCUT2D eigenvalue weighted by Gasteiger charge is 2.09. The summed E-state index contributed by atoms with van der Waals surface area (Å²) in [5.41, 5.74) is 6.12. The molecule has 0 fully saturated rings. The van der Waals surface area contributed by atoms with Crippen LogP contribution in [0.2, 0.25) is 0 Å². The minimum Gasteiger partial charge on any atom is -0.323 e. The number of fused-ring (bicyclic) bond motifs is 1. The van der Waals surface area contributed by atoms with Gasteiger partial charge in [-0.1, -0.05) is 19.8 Å². The molecule has 0 aromatic carbocycles. The fraction of sp³-hybridized carbons (Fsp3) is 0.455. The molecule has 0 aliphatic heterocycles. The summed E-state index contributed by atoms with van der Waals surface area (Å²) in [6, 6.07) is 4.69. The largest absolute Gasteiger partial charge is 0.323 e. The maximum Gasteiger partial charge on any atom is 0.0454 e. The van der Waals surface area contributed by atoms with Gasteiger partial charge in [-0.05, 0) is 23.9 Å². The van der Waals surface area contributed by atoms with Gasteiger partial charge in [0.2, 0.25) is 0 Å². The van der Waals surface area contributed by atoms with Gasteiger partial charge in [0, 0.05) is 20.3 Å². The smallest absolute Gasteiger partial charge is 0.0454 e. The van der Waals surface area contributed by atoms with Crippen molar-refractivity contribution in [3.63, 3.8) is 0 Å². The average Bonchev–Trinajstić information content (AvgIpc) is 2.72. The van der Waals surface area contributed by atoms with Gasteiger partial charge in [0.25, 0.3) is 0 Å². The zero-order valence-corrected chi connectivity index (χ0v) is 9.96. The summed E-state index contributed by atoms with van der Waals surface area (Å²) in [6.45, 7) is 2.21. The van der Waals surface area contributed by atoms with Crippen molar-refractivity contribution in [2.75, 3.05) is 0 Å². The fourth-order valence-electron chi connectivity index (χ4n) is 1.53. The highest BCUT2D eigenvalue weighted by atomic mass is 32.1. The first-order valence-electron chi connectivity index (χ1n) is 5.03. The van der Waals surface area contributed by atoms with E-state index in [0.717, 1.165) is 6.42 Å². The second kappa shape index (κ2) is 4.43. The summed E-state index contributed by atoms with van der Waals surface area (Å²) in [5, 5.41) is 2.14. The SMILES string of the molecule is CCCCC(N)c1cc2sccc2s1. The molecule has 2 heterocycles. The molecular formula is C11H15NS2. The highest BCUT2D eigenvalue weighted by Crippen LogP contribution is 2.33. The van der Waals surface area contributed by atoms with E-state index in [-0.39, 0.29) is 6.04 Å². The van der Waals surface area contributed by atoms with Crippen molar-refractivity contribution in [2.45, 2.75) is 32.2 Å². The number of hydrogen-bond donors (Lipinski definition) is 1. The van der Waals surface area contributed by atoms with Gasteiger partial charge in [0.15, 0.2) is 0 Å². The lowest BCUT2D eigenvalue weighted by atomic mass is 10.1. The van der Waals surface area contributed by atoms with Crippen LogP contribution in [0, 0.1) is 0 Å². The van der Waals surface area contributed by atoms with Crippen LogP contribution in [0.3, 0.4) is 0 Å². The molecule has 0 saturated carbocycles. The molecule has 0 aliphatic carbocycles. The van der Waals surface area contributed by atoms with E-state index >= 15 is 0 Å². The van der Waals surface area contributed by atoms with Crippen molar-refractivity contribution in [2.24, 2.45) is 5.73 Å². The van der Waals surface area contributed by atoms with Crippen LogP contribution in [-0.2, 0) is 0 Å². The predicted octanol–water partition coefficient (Wildman–Crippen LogP) is 4.15. The first-order valence-corrected chi connectivity index (χ1v) is 6.73. The molecule has 14 heavy (non-hydrogen) atoms. The van der Waals surface area contributed by atoms with E-state index in [9.17, 15) is 0 Å². The van der Waals surface area contributed by atoms with Gasteiger partial charge in [0.1, 0.15) is 0 Å². The first kappa shape index (κ1) is 10.1. The van der Waals surface area contributed by atoms with Crippen LogP contribution >= 0.6 is 22.7 Å². The average molecular weight is 225 g/mol. The first-order chi connectivity index (χ1) is 6.81. The Hall–Kier alpha value is -0.380. The van der Waals surface area contributed by atoms with Crippen LogP contribution in [0.1, 0.15) is 37.1 Å². The molecule has 2 aromatic heterocycles. The zero-order valence-electron chi connectivity index (χ0n) is 8.32. The number of unbranched alkanes of at least 4 members (excludes halogenated alkanes) is 1. The van der Waals surface area contributed by atoms with Crippen molar-refractivity contribution < 1.29 is 0 Å². The third-order valence-electron chi connectivity index (χ3n) is 2.39. The second-order valence-electron chi connectivity index (χ2n) is 3.55. The lowest BCUT2D eigenvalue weighted by Gasteiger charge is -2.07. The highest BCUT2D eigenvalue weighted by molar-refractivity contribution is 7.26. The monoisotopic (exact) mass is 225 g/mol. The molecule has 0 amide bonds. The molecule has 0 radical (unpaired) electrons. The molecule has 3 heteroatoms. The predicted molar refractivity (Wildman–Crippen MR) is 66.2 cm³/mol. The number of thiophene rings is 2. The van der Waals surface area contributed by atoms with Gasteiger partial charge < -0.3 is 5.73 Å². The molecule has 2 rings (SSSR count). The molecule has 0 saturated heterocycles. The van der Waals surface area contributed by atoms with Gasteiger partial charge in [-0.3, -0.25) is 0 Å². The maximum atomic E-state index is 6.12. The van der Waals surface area contributed by atoms with Crippen molar-refractivity contribution in [3.8, 4) is 0 Å². The lowest BCUT2D eigenvalue weighted by Crippen LogP contribution is -2.07. The number of rotatable bonds is 4. The van der Waals surface area contributed by atoms with E-state index in [1.807, 2.05) is 11.3 Å². The van der Waals surface area contributed by atoms with E-state index in [0.29, 0.717) is 0 Å². The van der Waals surface area contributed by atoms with Crippen LogP contribution < -0.4 is 5.73 Å². The van der Waals surface area contributed by atoms with Crippen molar-refractivity contribution >= 4 is 32.1 Å². The summed E-state index contributed by atoms with van der Waals surface area (Å²) in [6.07, 6.45) is 3.57. The van der Waals surface area contributed by atoms with Crippen LogP contribution in [0.5, 0.6) is 0 Å². The Morgan fingerprint density at radius 3 is 3.00 bits per heavy atom. The quantitative estimate of drug-likeness (QED) is 0.831. The molecule has 0 bridgehead atoms. The van der Waals surface area contributed by atoms with Crippen LogP contribution in [0.15, 0.2) is 17.5 Å². The molecule has 1 atom stereocenters. The number of hydrogen-bond acceptors (Lipinski definition) is 3. The molecule has 0 aliphatic rings. The van der Waals surface area contributed by atoms with E-state index in [1.54, 1.807) is 11.3 Å². The Morgan fingerprint density at radius 2 is 2.29 bits per heavy atom. The topological polar surface area (TPSA) is 26.0 Å². The Kier molecular flexibility index (Phi) is 3.21. The third-order valence-corrected chi connectivity index (χ3v) is 4.62. The summed E-state index contributed by atoms with van der Waals surface area (Å²) in [5.74, 6) is 0. The van der Waals surface area contributed by atoms with Crippen LogP contribution in [0.4, 0.5) is 0 Å². The standard InChI is InChI=1S/C11H15NS2/c1-2-3-4-8(12)10-7-11-9(14-10)5-6-13-11/h5-8H,2-4,12H2,1H3. The third kappa shape index (κ3) is 2.00. The molecule has 0 spiro atoms. The minimum atomic E-state index is 0.250. The normalized spacial score (nSPS) is 13.6. The van der Waals surface area contributed by atoms with E-state index in [2.05, 4.69) is 24.4 Å². The van der Waals surface area contributed by atoms with Crippen LogP contribution in [-0.4, -0.2) is 0 Å². The Labute approximate surface area is 92.6 Å². The molecule has 1 nitrogen and oxygen atoms in total. The fourth-order valence-corrected chi connectivity index (χ4v) is 3.69. The second-order valence-corrected chi connectivity index (χ2v) is 5.61. The Bertz CT molecular complexity index is 373.